The average Bonchev–Trinajstić information content (AvgIpc) is 2.57. The van der Waals surface area contributed by atoms with Crippen molar-refractivity contribution in [1.82, 2.24) is 9.80 Å². The smallest absolute Gasteiger partial charge is 0.412 e. The Morgan fingerprint density at radius 3 is 2.60 bits per heavy atom. The summed E-state index contributed by atoms with van der Waals surface area (Å²) in [5, 5.41) is 0.0306. The summed E-state index contributed by atoms with van der Waals surface area (Å²) >= 11 is 4.28. The van der Waals surface area contributed by atoms with Crippen LogP contribution in [-0.4, -0.2) is 53.7 Å². The van der Waals surface area contributed by atoms with E-state index in [-0.39, 0.29) is 11.2 Å². The number of nitrogens with zero attached hydrogens (tertiary/aromatic N) is 2. The summed E-state index contributed by atoms with van der Waals surface area (Å²) in [4.78, 5) is 26.0. The molecule has 0 saturated carbocycles. The predicted molar refractivity (Wildman–Crippen MR) is 62.8 cm³/mol. The van der Waals surface area contributed by atoms with Gasteiger partial charge in [0.2, 0.25) is 5.91 Å². The predicted octanol–water partition coefficient (Wildman–Crippen LogP) is 0.374. The van der Waals surface area contributed by atoms with Gasteiger partial charge < -0.3 is 9.42 Å². The van der Waals surface area contributed by atoms with Gasteiger partial charge in [0.05, 0.1) is 9.47 Å². The Bertz CT molecular complexity index is 275. The molecule has 0 radical (unpaired) electrons. The van der Waals surface area contributed by atoms with E-state index in [4.69, 9.17) is 0 Å². The molecule has 1 heterocycles. The number of carbonyl (C=O) groups is 2. The van der Waals surface area contributed by atoms with Gasteiger partial charge in [0.15, 0.2) is 0 Å². The molecule has 0 spiro atoms. The van der Waals surface area contributed by atoms with Gasteiger partial charge in [-0.05, 0) is 6.42 Å². The van der Waals surface area contributed by atoms with Crippen molar-refractivity contribution in [1.29, 1.82) is 0 Å². The van der Waals surface area contributed by atoms with Crippen molar-refractivity contribution in [2.24, 2.45) is 0 Å². The number of amides is 2. The molecule has 2 amide bonds. The molecule has 0 aliphatic carbocycles. The highest BCUT2D eigenvalue weighted by Crippen LogP contribution is 2.24. The minimum absolute atomic E-state index is 0.0306. The number of thiol groups is 1. The molecule has 7 heteroatoms. The van der Waals surface area contributed by atoms with Gasteiger partial charge in [0.25, 0.3) is 0 Å². The Labute approximate surface area is 96.8 Å². The molecule has 0 N–H and O–H groups in total. The van der Waals surface area contributed by atoms with Crippen LogP contribution in [0.5, 0.6) is 0 Å². The maximum atomic E-state index is 11.8. The molecule has 5 nitrogen and oxygen atoms in total. The number of hydrogen-bond donors (Lipinski definition) is 1. The van der Waals surface area contributed by atoms with Crippen LogP contribution in [0.1, 0.15) is 6.42 Å². The van der Waals surface area contributed by atoms with Crippen LogP contribution in [0.25, 0.3) is 0 Å². The molecule has 0 aromatic rings. The summed E-state index contributed by atoms with van der Waals surface area (Å²) in [5.74, 6) is -0.0954. The first kappa shape index (κ1) is 12.6. The number of likely N-dealkylation sites (tertiary alicyclic amines) is 1. The highest BCUT2D eigenvalue weighted by atomic mass is 32.1. The van der Waals surface area contributed by atoms with Crippen LogP contribution < -0.4 is 0 Å². The molecule has 1 aliphatic heterocycles. The van der Waals surface area contributed by atoms with E-state index in [0.717, 1.165) is 0 Å². The Balaban J connectivity index is 2.77. The first-order valence-electron chi connectivity index (χ1n) is 4.54. The van der Waals surface area contributed by atoms with Crippen molar-refractivity contribution in [3.63, 3.8) is 0 Å². The number of carbonyl (C=O) groups excluding carboxylic acids is 2. The van der Waals surface area contributed by atoms with E-state index < -0.39 is 12.1 Å². The van der Waals surface area contributed by atoms with E-state index in [1.165, 1.54) is 9.80 Å². The molecule has 1 aliphatic rings. The van der Waals surface area contributed by atoms with Crippen LogP contribution in [0, 0.1) is 0 Å². The molecule has 86 valence electrons. The average molecular weight is 250 g/mol. The first-order chi connectivity index (χ1) is 6.97. The van der Waals surface area contributed by atoms with Crippen molar-refractivity contribution in [2.45, 2.75) is 17.7 Å². The van der Waals surface area contributed by atoms with Crippen molar-refractivity contribution < 1.29 is 14.1 Å². The summed E-state index contributed by atoms with van der Waals surface area (Å²) in [6, 6.07) is -0.449. The van der Waals surface area contributed by atoms with Crippen molar-refractivity contribution in [3.05, 3.63) is 0 Å². The van der Waals surface area contributed by atoms with Crippen molar-refractivity contribution in [2.75, 3.05) is 20.6 Å². The van der Waals surface area contributed by atoms with Crippen LogP contribution >= 0.6 is 22.1 Å². The zero-order chi connectivity index (χ0) is 11.6. The zero-order valence-corrected chi connectivity index (χ0v) is 10.8. The molecule has 1 unspecified atom stereocenters. The molecule has 1 rings (SSSR count). The van der Waals surface area contributed by atoms with Gasteiger partial charge in [0, 0.05) is 25.9 Å². The van der Waals surface area contributed by atoms with Gasteiger partial charge in [-0.1, -0.05) is 0 Å². The molecular weight excluding hydrogens is 235 g/mol. The van der Waals surface area contributed by atoms with Gasteiger partial charge in [0.1, 0.15) is 6.04 Å². The minimum Gasteiger partial charge on any atom is -0.435 e. The van der Waals surface area contributed by atoms with Crippen LogP contribution in [0.15, 0.2) is 0 Å². The Hall–Kier alpha value is -0.480. The molecular formula is C8H15N2O3PS. The second-order valence-electron chi connectivity index (χ2n) is 3.67. The first-order valence-corrected chi connectivity index (χ1v) is 5.52. The second kappa shape index (κ2) is 5.03. The lowest BCUT2D eigenvalue weighted by atomic mass is 10.2. The van der Waals surface area contributed by atoms with E-state index in [1.807, 2.05) is 9.47 Å². The van der Waals surface area contributed by atoms with E-state index in [0.29, 0.717) is 13.0 Å². The minimum atomic E-state index is -0.503. The molecule has 3 atom stereocenters. The maximum absolute atomic E-state index is 11.8. The number of hydrogen-bond acceptors (Lipinski definition) is 4. The van der Waals surface area contributed by atoms with Crippen LogP contribution in [-0.2, 0) is 9.32 Å². The third-order valence-electron chi connectivity index (χ3n) is 2.34. The fraction of sp³-hybridized carbons (Fsp3) is 0.750. The van der Waals surface area contributed by atoms with Gasteiger partial charge in [-0.25, -0.2) is 4.79 Å². The maximum Gasteiger partial charge on any atom is 0.412 e. The molecule has 0 aromatic carbocycles. The lowest BCUT2D eigenvalue weighted by molar-refractivity contribution is -0.132. The third-order valence-corrected chi connectivity index (χ3v) is 2.92. The molecule has 0 aromatic heterocycles. The highest BCUT2D eigenvalue weighted by Gasteiger charge is 2.39. The summed E-state index contributed by atoms with van der Waals surface area (Å²) in [6.07, 6.45) is 0.0663. The van der Waals surface area contributed by atoms with E-state index in [9.17, 15) is 9.59 Å². The molecule has 1 saturated heterocycles. The largest absolute Gasteiger partial charge is 0.435 e. The standard InChI is InChI=1S/C8H15N2O3PS/c1-9(2)7(11)6-3-5(15)4-10(6)8(12)13-14/h5-6,15H,3-4,14H2,1-2H3/t5-,6-/m0/s1. The topological polar surface area (TPSA) is 49.9 Å². The third kappa shape index (κ3) is 2.75. The Morgan fingerprint density at radius 2 is 2.13 bits per heavy atom. The fourth-order valence-corrected chi connectivity index (χ4v) is 2.13. The van der Waals surface area contributed by atoms with Gasteiger partial charge in [-0.15, -0.1) is 0 Å². The number of likely N-dealkylation sites (N-methyl/N-ethyl adjacent to an activating group) is 1. The highest BCUT2D eigenvalue weighted by molar-refractivity contribution is 7.81. The van der Waals surface area contributed by atoms with Gasteiger partial charge in [-0.2, -0.15) is 12.6 Å². The molecule has 1 fully saturated rings. The summed E-state index contributed by atoms with van der Waals surface area (Å²) in [7, 11) is 5.22. The van der Waals surface area contributed by atoms with Crippen molar-refractivity contribution in [3.8, 4) is 0 Å². The van der Waals surface area contributed by atoms with E-state index in [1.54, 1.807) is 14.1 Å². The fourth-order valence-electron chi connectivity index (χ4n) is 1.62. The Kier molecular flexibility index (Phi) is 4.22. The molecule has 15 heavy (non-hydrogen) atoms. The zero-order valence-electron chi connectivity index (χ0n) is 8.71. The van der Waals surface area contributed by atoms with Gasteiger partial charge in [-0.3, -0.25) is 9.69 Å². The van der Waals surface area contributed by atoms with Crippen LogP contribution in [0.2, 0.25) is 0 Å². The molecule has 0 bridgehead atoms. The summed E-state index contributed by atoms with van der Waals surface area (Å²) < 4.78 is 4.54. The lowest BCUT2D eigenvalue weighted by Crippen LogP contribution is -2.45. The van der Waals surface area contributed by atoms with Crippen molar-refractivity contribution >= 4 is 34.1 Å². The van der Waals surface area contributed by atoms with E-state index >= 15 is 0 Å². The van der Waals surface area contributed by atoms with E-state index in [2.05, 4.69) is 17.2 Å². The Morgan fingerprint density at radius 1 is 1.53 bits per heavy atom. The second-order valence-corrected chi connectivity index (χ2v) is 4.64. The van der Waals surface area contributed by atoms with Crippen LogP contribution in [0.3, 0.4) is 0 Å². The normalized spacial score (nSPS) is 25.2. The number of rotatable bonds is 1. The van der Waals surface area contributed by atoms with Gasteiger partial charge >= 0.3 is 6.09 Å². The SMILES string of the molecule is CN(C)C(=O)[C@@H]1C[C@H](S)CN1C(=O)OP. The monoisotopic (exact) mass is 250 g/mol. The van der Waals surface area contributed by atoms with Crippen LogP contribution in [0.4, 0.5) is 4.79 Å². The quantitative estimate of drug-likeness (QED) is 0.540. The summed E-state index contributed by atoms with van der Waals surface area (Å²) in [5.41, 5.74) is 0. The lowest BCUT2D eigenvalue weighted by Gasteiger charge is -2.24. The summed E-state index contributed by atoms with van der Waals surface area (Å²) in [6.45, 7) is 0.445.